The largest absolute Gasteiger partial charge is 0.367 e. The van der Waals surface area contributed by atoms with E-state index in [0.717, 1.165) is 5.56 Å². The zero-order chi connectivity index (χ0) is 14.1. The van der Waals surface area contributed by atoms with E-state index in [1.54, 1.807) is 12.1 Å². The average molecular weight is 333 g/mol. The number of hydrogen-bond donors (Lipinski definition) is 1. The molecule has 0 radical (unpaired) electrons. The summed E-state index contributed by atoms with van der Waals surface area (Å²) in [5.74, 6) is -0.216. The summed E-state index contributed by atoms with van der Waals surface area (Å²) in [4.78, 5) is 0. The molecule has 0 aliphatic heterocycles. The third-order valence-electron chi connectivity index (χ3n) is 2.98. The normalized spacial score (nSPS) is 10.7. The molecule has 3 aromatic rings. The number of benzene rings is 2. The van der Waals surface area contributed by atoms with Gasteiger partial charge >= 0.3 is 0 Å². The van der Waals surface area contributed by atoms with Crippen LogP contribution < -0.4 is 5.73 Å². The average Bonchev–Trinajstić information content (AvgIpc) is 2.81. The van der Waals surface area contributed by atoms with Gasteiger partial charge in [-0.2, -0.15) is 0 Å². The highest BCUT2D eigenvalue weighted by Crippen LogP contribution is 2.40. The van der Waals surface area contributed by atoms with Crippen molar-refractivity contribution in [3.8, 4) is 22.4 Å². The quantitative estimate of drug-likeness (QED) is 0.752. The third kappa shape index (κ3) is 2.10. The van der Waals surface area contributed by atoms with E-state index in [1.807, 2.05) is 30.3 Å². The molecule has 0 saturated carbocycles. The molecule has 0 amide bonds. The summed E-state index contributed by atoms with van der Waals surface area (Å²) in [6.45, 7) is 0. The van der Waals surface area contributed by atoms with Crippen molar-refractivity contribution in [2.75, 3.05) is 5.73 Å². The molecule has 2 aromatic carbocycles. The number of aromatic nitrogens is 1. The van der Waals surface area contributed by atoms with Crippen LogP contribution in [0.4, 0.5) is 10.3 Å². The zero-order valence-electron chi connectivity index (χ0n) is 10.3. The van der Waals surface area contributed by atoms with Gasteiger partial charge in [-0.15, -0.1) is 0 Å². The van der Waals surface area contributed by atoms with Crippen molar-refractivity contribution in [1.82, 2.24) is 5.16 Å². The molecular formula is C15H10BrFN2O. The fourth-order valence-corrected chi connectivity index (χ4v) is 2.61. The smallest absolute Gasteiger partial charge is 0.230 e. The Morgan fingerprint density at radius 3 is 2.45 bits per heavy atom. The van der Waals surface area contributed by atoms with Crippen molar-refractivity contribution in [1.29, 1.82) is 0 Å². The highest BCUT2D eigenvalue weighted by molar-refractivity contribution is 9.10. The summed E-state index contributed by atoms with van der Waals surface area (Å²) in [7, 11) is 0. The van der Waals surface area contributed by atoms with Crippen LogP contribution in [0.5, 0.6) is 0 Å². The predicted molar refractivity (Wildman–Crippen MR) is 79.4 cm³/mol. The van der Waals surface area contributed by atoms with Gasteiger partial charge in [0.05, 0.1) is 11.1 Å². The van der Waals surface area contributed by atoms with Crippen LogP contribution in [-0.4, -0.2) is 5.16 Å². The van der Waals surface area contributed by atoms with E-state index < -0.39 is 0 Å². The van der Waals surface area contributed by atoms with E-state index in [1.165, 1.54) is 6.07 Å². The summed E-state index contributed by atoms with van der Waals surface area (Å²) in [6, 6.07) is 14.1. The molecule has 3 rings (SSSR count). The van der Waals surface area contributed by atoms with Gasteiger partial charge in [-0.25, -0.2) is 4.39 Å². The van der Waals surface area contributed by atoms with Crippen LogP contribution in [-0.2, 0) is 0 Å². The lowest BCUT2D eigenvalue weighted by atomic mass is 10.0. The molecule has 1 aromatic heterocycles. The third-order valence-corrected chi connectivity index (χ3v) is 3.64. The van der Waals surface area contributed by atoms with E-state index in [0.29, 0.717) is 21.3 Å². The lowest BCUT2D eigenvalue weighted by Crippen LogP contribution is -1.91. The number of nitrogens with zero attached hydrogens (tertiary/aromatic N) is 1. The Hall–Kier alpha value is -2.14. The first-order valence-electron chi connectivity index (χ1n) is 5.93. The molecule has 20 heavy (non-hydrogen) atoms. The van der Waals surface area contributed by atoms with E-state index >= 15 is 0 Å². The standard InChI is InChI=1S/C15H10BrFN2O/c16-10-7-4-8-11(17)13(10)14-12(15(18)20-19-14)9-5-2-1-3-6-9/h1-8H,18H2. The van der Waals surface area contributed by atoms with Crippen LogP contribution in [0.25, 0.3) is 22.4 Å². The van der Waals surface area contributed by atoms with Gasteiger partial charge in [0.15, 0.2) is 0 Å². The van der Waals surface area contributed by atoms with Crippen LogP contribution in [0.1, 0.15) is 0 Å². The molecular weight excluding hydrogens is 323 g/mol. The van der Waals surface area contributed by atoms with Crippen LogP contribution in [0, 0.1) is 5.82 Å². The second-order valence-corrected chi connectivity index (χ2v) is 5.09. The van der Waals surface area contributed by atoms with Crippen molar-refractivity contribution < 1.29 is 8.91 Å². The fraction of sp³-hybridized carbons (Fsp3) is 0. The maximum absolute atomic E-state index is 14.1. The van der Waals surface area contributed by atoms with Crippen LogP contribution in [0.2, 0.25) is 0 Å². The van der Waals surface area contributed by atoms with Crippen molar-refractivity contribution >= 4 is 21.8 Å². The van der Waals surface area contributed by atoms with Gasteiger partial charge in [0.25, 0.3) is 0 Å². The molecule has 0 unspecified atom stereocenters. The van der Waals surface area contributed by atoms with Crippen LogP contribution in [0.3, 0.4) is 0 Å². The van der Waals surface area contributed by atoms with Crippen molar-refractivity contribution in [3.05, 3.63) is 58.8 Å². The molecule has 0 spiro atoms. The highest BCUT2D eigenvalue weighted by atomic mass is 79.9. The Kier molecular flexibility index (Phi) is 3.28. The molecule has 0 atom stereocenters. The number of halogens is 2. The molecule has 3 nitrogen and oxygen atoms in total. The summed E-state index contributed by atoms with van der Waals surface area (Å²) in [6.07, 6.45) is 0. The molecule has 1 heterocycles. The molecule has 5 heteroatoms. The molecule has 0 aliphatic rings. The fourth-order valence-electron chi connectivity index (χ4n) is 2.08. The molecule has 100 valence electrons. The maximum atomic E-state index is 14.1. The minimum atomic E-state index is -0.384. The number of anilines is 1. The number of nitrogen functional groups attached to an aromatic ring is 1. The Balaban J connectivity index is 2.27. The first-order chi connectivity index (χ1) is 9.68. The Bertz CT molecular complexity index is 736. The molecule has 0 bridgehead atoms. The molecule has 0 aliphatic carbocycles. The molecule has 0 fully saturated rings. The number of nitrogens with two attached hydrogens (primary N) is 1. The minimum Gasteiger partial charge on any atom is -0.367 e. The monoisotopic (exact) mass is 332 g/mol. The van der Waals surface area contributed by atoms with E-state index in [4.69, 9.17) is 10.3 Å². The maximum Gasteiger partial charge on any atom is 0.230 e. The van der Waals surface area contributed by atoms with Gasteiger partial charge in [-0.3, -0.25) is 0 Å². The Labute approximate surface area is 123 Å². The first kappa shape index (κ1) is 12.9. The predicted octanol–water partition coefficient (Wildman–Crippen LogP) is 4.49. The van der Waals surface area contributed by atoms with Gasteiger partial charge in [-0.1, -0.05) is 41.6 Å². The lowest BCUT2D eigenvalue weighted by Gasteiger charge is -2.05. The Morgan fingerprint density at radius 1 is 1.00 bits per heavy atom. The van der Waals surface area contributed by atoms with Gasteiger partial charge in [0.1, 0.15) is 11.5 Å². The van der Waals surface area contributed by atoms with Crippen molar-refractivity contribution in [3.63, 3.8) is 0 Å². The zero-order valence-corrected chi connectivity index (χ0v) is 11.9. The van der Waals surface area contributed by atoms with Crippen LogP contribution >= 0.6 is 15.9 Å². The van der Waals surface area contributed by atoms with Gasteiger partial charge in [-0.05, 0) is 33.6 Å². The summed E-state index contributed by atoms with van der Waals surface area (Å²) < 4.78 is 19.7. The molecule has 2 N–H and O–H groups in total. The van der Waals surface area contributed by atoms with Crippen LogP contribution in [0.15, 0.2) is 57.5 Å². The summed E-state index contributed by atoms with van der Waals surface area (Å²) >= 11 is 3.34. The van der Waals surface area contributed by atoms with E-state index in [-0.39, 0.29) is 11.7 Å². The van der Waals surface area contributed by atoms with Gasteiger partial charge in [0, 0.05) is 4.47 Å². The lowest BCUT2D eigenvalue weighted by molar-refractivity contribution is 0.439. The second-order valence-electron chi connectivity index (χ2n) is 4.23. The number of rotatable bonds is 2. The summed E-state index contributed by atoms with van der Waals surface area (Å²) in [5, 5.41) is 3.91. The SMILES string of the molecule is Nc1onc(-c2c(F)cccc2Br)c1-c1ccccc1. The van der Waals surface area contributed by atoms with Crippen molar-refractivity contribution in [2.45, 2.75) is 0 Å². The minimum absolute atomic E-state index is 0.168. The number of hydrogen-bond acceptors (Lipinski definition) is 3. The van der Waals surface area contributed by atoms with Gasteiger partial charge in [0.2, 0.25) is 5.88 Å². The molecule has 0 saturated heterocycles. The Morgan fingerprint density at radius 2 is 1.75 bits per heavy atom. The first-order valence-corrected chi connectivity index (χ1v) is 6.72. The van der Waals surface area contributed by atoms with E-state index in [2.05, 4.69) is 21.1 Å². The highest BCUT2D eigenvalue weighted by Gasteiger charge is 2.21. The summed E-state index contributed by atoms with van der Waals surface area (Å²) in [5.41, 5.74) is 8.00. The topological polar surface area (TPSA) is 52.0 Å². The van der Waals surface area contributed by atoms with E-state index in [9.17, 15) is 4.39 Å². The van der Waals surface area contributed by atoms with Gasteiger partial charge < -0.3 is 10.3 Å². The second kappa shape index (κ2) is 5.09. The van der Waals surface area contributed by atoms with Crippen molar-refractivity contribution in [2.24, 2.45) is 0 Å².